The van der Waals surface area contributed by atoms with Crippen molar-refractivity contribution in [2.24, 2.45) is 0 Å². The zero-order valence-electron chi connectivity index (χ0n) is 14.8. The summed E-state index contributed by atoms with van der Waals surface area (Å²) in [5.41, 5.74) is 2.65. The lowest BCUT2D eigenvalue weighted by Crippen LogP contribution is -2.27. The molecule has 2 aromatic heterocycles. The molecule has 134 valence electrons. The smallest absolute Gasteiger partial charge is 0.354 e. The Balaban J connectivity index is 1.83. The van der Waals surface area contributed by atoms with Crippen molar-refractivity contribution in [1.29, 1.82) is 0 Å². The Morgan fingerprint density at radius 2 is 2.12 bits per heavy atom. The molecule has 0 saturated heterocycles. The van der Waals surface area contributed by atoms with Gasteiger partial charge < -0.3 is 13.9 Å². The lowest BCUT2D eigenvalue weighted by molar-refractivity contribution is -0.117. The number of esters is 1. The van der Waals surface area contributed by atoms with Crippen LogP contribution in [0, 0.1) is 6.92 Å². The van der Waals surface area contributed by atoms with Gasteiger partial charge in [0.15, 0.2) is 0 Å². The van der Waals surface area contributed by atoms with Gasteiger partial charge in [-0.15, -0.1) is 0 Å². The summed E-state index contributed by atoms with van der Waals surface area (Å²) in [6.07, 6.45) is 2.10. The zero-order chi connectivity index (χ0) is 18.0. The molecule has 0 atom stereocenters. The van der Waals surface area contributed by atoms with Crippen LogP contribution in [0.25, 0.3) is 0 Å². The highest BCUT2D eigenvalue weighted by Crippen LogP contribution is 2.32. The molecule has 6 nitrogen and oxygen atoms in total. The van der Waals surface area contributed by atoms with Crippen molar-refractivity contribution in [1.82, 2.24) is 13.4 Å². The molecule has 0 radical (unpaired) electrons. The fourth-order valence-electron chi connectivity index (χ4n) is 3.02. The highest BCUT2D eigenvalue weighted by molar-refractivity contribution is 7.97. The molecule has 0 unspecified atom stereocenters. The maximum Gasteiger partial charge on any atom is 0.354 e. The molecule has 2 aromatic rings. The van der Waals surface area contributed by atoms with E-state index in [1.165, 1.54) is 12.6 Å². The first-order valence-electron chi connectivity index (χ1n) is 8.43. The second-order valence-corrected chi connectivity index (χ2v) is 7.27. The van der Waals surface area contributed by atoms with E-state index in [-0.39, 0.29) is 18.3 Å². The molecule has 0 amide bonds. The number of ether oxygens (including phenoxy) is 1. The van der Waals surface area contributed by atoms with E-state index >= 15 is 0 Å². The van der Waals surface area contributed by atoms with Gasteiger partial charge in [0.25, 0.3) is 0 Å². The van der Waals surface area contributed by atoms with E-state index in [0.29, 0.717) is 12.3 Å². The molecule has 0 bridgehead atoms. The van der Waals surface area contributed by atoms with Gasteiger partial charge in [0.05, 0.1) is 13.2 Å². The number of nitrogens with zero attached hydrogens (tertiary/aromatic N) is 3. The molecule has 0 N–H and O–H groups in total. The van der Waals surface area contributed by atoms with E-state index in [4.69, 9.17) is 4.74 Å². The summed E-state index contributed by atoms with van der Waals surface area (Å²) in [7, 11) is 0. The number of ketones is 1. The molecule has 7 heteroatoms. The summed E-state index contributed by atoms with van der Waals surface area (Å²) in [4.78, 5) is 24.9. The van der Waals surface area contributed by atoms with Gasteiger partial charge in [-0.1, -0.05) is 0 Å². The molecule has 3 rings (SSSR count). The number of rotatable bonds is 6. The molecular weight excluding hydrogens is 338 g/mol. The van der Waals surface area contributed by atoms with Crippen molar-refractivity contribution in [2.45, 2.75) is 45.3 Å². The number of hydrogen-bond donors (Lipinski definition) is 0. The van der Waals surface area contributed by atoms with Crippen LogP contribution in [-0.2, 0) is 29.2 Å². The number of carbonyl (C=O) groups is 2. The summed E-state index contributed by atoms with van der Waals surface area (Å²) < 4.78 is 11.4. The molecule has 25 heavy (non-hydrogen) atoms. The molecular formula is C18H23N3O3S. The standard InChI is InChI=1S/C18H23N3O3S/c1-4-24-18(23)16-10-17(14(3)21(16)11-13(2)22)25-20-9-8-19-7-5-6-15(19)12-20/h5-7,10H,4,8-9,11-12H2,1-3H3. The van der Waals surface area contributed by atoms with Gasteiger partial charge in [-0.05, 0) is 50.9 Å². The summed E-state index contributed by atoms with van der Waals surface area (Å²) in [5, 5.41) is 0. The summed E-state index contributed by atoms with van der Waals surface area (Å²) in [6, 6.07) is 6.04. The number of hydrogen-bond acceptors (Lipinski definition) is 5. The Morgan fingerprint density at radius 3 is 2.84 bits per heavy atom. The number of aromatic nitrogens is 2. The molecule has 0 saturated carbocycles. The summed E-state index contributed by atoms with van der Waals surface area (Å²) >= 11 is 1.64. The van der Waals surface area contributed by atoms with E-state index < -0.39 is 0 Å². The van der Waals surface area contributed by atoms with Crippen LogP contribution in [0.2, 0.25) is 0 Å². The molecule has 1 aliphatic heterocycles. The van der Waals surface area contributed by atoms with Crippen molar-refractivity contribution >= 4 is 23.7 Å². The Bertz CT molecular complexity index is 794. The predicted molar refractivity (Wildman–Crippen MR) is 96.5 cm³/mol. The monoisotopic (exact) mass is 361 g/mol. The van der Waals surface area contributed by atoms with Crippen molar-refractivity contribution in [3.05, 3.63) is 41.5 Å². The van der Waals surface area contributed by atoms with E-state index in [2.05, 4.69) is 27.2 Å². The lowest BCUT2D eigenvalue weighted by Gasteiger charge is -2.27. The number of carbonyl (C=O) groups excluding carboxylic acids is 2. The van der Waals surface area contributed by atoms with Crippen LogP contribution in [0.3, 0.4) is 0 Å². The molecule has 0 spiro atoms. The van der Waals surface area contributed by atoms with Crippen LogP contribution in [0.5, 0.6) is 0 Å². The van der Waals surface area contributed by atoms with Gasteiger partial charge in [-0.3, -0.25) is 4.79 Å². The van der Waals surface area contributed by atoms with Crippen molar-refractivity contribution < 1.29 is 14.3 Å². The van der Waals surface area contributed by atoms with Crippen LogP contribution in [0.15, 0.2) is 29.3 Å². The average Bonchev–Trinajstić information content (AvgIpc) is 3.14. The van der Waals surface area contributed by atoms with E-state index in [1.807, 2.05) is 13.0 Å². The Labute approximate surface area is 151 Å². The first-order chi connectivity index (χ1) is 12.0. The Morgan fingerprint density at radius 1 is 1.32 bits per heavy atom. The lowest BCUT2D eigenvalue weighted by atomic mass is 10.3. The topological polar surface area (TPSA) is 56.5 Å². The van der Waals surface area contributed by atoms with Crippen LogP contribution in [-0.4, -0.2) is 38.3 Å². The first-order valence-corrected chi connectivity index (χ1v) is 9.20. The van der Waals surface area contributed by atoms with Gasteiger partial charge in [0, 0.05) is 42.1 Å². The van der Waals surface area contributed by atoms with Crippen molar-refractivity contribution in [2.75, 3.05) is 13.2 Å². The third-order valence-corrected chi connectivity index (χ3v) is 5.44. The third kappa shape index (κ3) is 3.82. The fourth-order valence-corrected chi connectivity index (χ4v) is 4.07. The predicted octanol–water partition coefficient (Wildman–Crippen LogP) is 2.89. The van der Waals surface area contributed by atoms with Gasteiger partial charge >= 0.3 is 5.97 Å². The van der Waals surface area contributed by atoms with E-state index in [1.54, 1.807) is 23.4 Å². The first kappa shape index (κ1) is 17.8. The molecule has 3 heterocycles. The van der Waals surface area contributed by atoms with Crippen LogP contribution >= 0.6 is 11.9 Å². The summed E-state index contributed by atoms with van der Waals surface area (Å²) in [5.74, 6) is -0.372. The second-order valence-electron chi connectivity index (χ2n) is 6.14. The van der Waals surface area contributed by atoms with Gasteiger partial charge in [0.1, 0.15) is 11.5 Å². The van der Waals surface area contributed by atoms with Crippen molar-refractivity contribution in [3.8, 4) is 0 Å². The minimum atomic E-state index is -0.383. The van der Waals surface area contributed by atoms with Gasteiger partial charge in [0.2, 0.25) is 0 Å². The van der Waals surface area contributed by atoms with Crippen LogP contribution in [0.1, 0.15) is 35.7 Å². The highest BCUT2D eigenvalue weighted by atomic mass is 32.2. The van der Waals surface area contributed by atoms with Crippen molar-refractivity contribution in [3.63, 3.8) is 0 Å². The highest BCUT2D eigenvalue weighted by Gasteiger charge is 2.23. The average molecular weight is 361 g/mol. The maximum absolute atomic E-state index is 12.3. The van der Waals surface area contributed by atoms with Gasteiger partial charge in [-0.2, -0.15) is 0 Å². The Kier molecular flexibility index (Phi) is 5.34. The zero-order valence-corrected chi connectivity index (χ0v) is 15.6. The van der Waals surface area contributed by atoms with Crippen LogP contribution in [0.4, 0.5) is 0 Å². The van der Waals surface area contributed by atoms with E-state index in [9.17, 15) is 9.59 Å². The number of Topliss-reactive ketones (excluding diaryl/α,β-unsaturated/α-hetero) is 1. The largest absolute Gasteiger partial charge is 0.461 e. The third-order valence-electron chi connectivity index (χ3n) is 4.27. The fraction of sp³-hybridized carbons (Fsp3) is 0.444. The molecule has 1 aliphatic rings. The molecule has 0 fully saturated rings. The Hall–Kier alpha value is -1.99. The molecule has 0 aliphatic carbocycles. The SMILES string of the molecule is CCOC(=O)c1cc(SN2CCn3cccc3C2)c(C)n1CC(C)=O. The normalized spacial score (nSPS) is 14.4. The number of fused-ring (bicyclic) bond motifs is 1. The quantitative estimate of drug-likeness (QED) is 0.585. The maximum atomic E-state index is 12.3. The minimum Gasteiger partial charge on any atom is -0.461 e. The molecule has 0 aromatic carbocycles. The van der Waals surface area contributed by atoms with E-state index in [0.717, 1.165) is 30.2 Å². The minimum absolute atomic E-state index is 0.0107. The van der Waals surface area contributed by atoms with Crippen LogP contribution < -0.4 is 0 Å². The van der Waals surface area contributed by atoms with Gasteiger partial charge in [-0.25, -0.2) is 9.10 Å². The summed E-state index contributed by atoms with van der Waals surface area (Å²) in [6.45, 7) is 8.48. The second kappa shape index (κ2) is 7.49.